The zero-order valence-corrected chi connectivity index (χ0v) is 31.5. The Morgan fingerprint density at radius 2 is 0.551 bits per heavy atom. The van der Waals surface area contributed by atoms with E-state index in [0.717, 1.165) is 83.0 Å². The van der Waals surface area contributed by atoms with E-state index in [1.807, 2.05) is 0 Å². The molecule has 288 valence electrons. The van der Waals surface area contributed by atoms with Crippen molar-refractivity contribution in [2.75, 3.05) is 0 Å². The van der Waals surface area contributed by atoms with Gasteiger partial charge in [-0.1, -0.05) is 161 Å². The molecule has 0 heterocycles. The van der Waals surface area contributed by atoms with Gasteiger partial charge in [0.1, 0.15) is 0 Å². The molecule has 0 aliphatic carbocycles. The lowest BCUT2D eigenvalue weighted by atomic mass is 9.73. The van der Waals surface area contributed by atoms with Crippen molar-refractivity contribution < 1.29 is 39.6 Å². The Hall–Kier alpha value is -2.12. The molecule has 0 aromatic rings. The van der Waals surface area contributed by atoms with E-state index in [0.29, 0.717) is 11.8 Å². The van der Waals surface area contributed by atoms with Crippen LogP contribution in [0.3, 0.4) is 0 Å². The first-order valence-corrected chi connectivity index (χ1v) is 20.5. The van der Waals surface area contributed by atoms with Crippen LogP contribution >= 0.6 is 0 Å². The SMILES string of the molecule is CC(CCCCCCCCC(=O)O)C(CCCCCCCCC(=O)O)C(CCCCCCCCCC(=O)O)CCCCCCCCC(=O)O. The summed E-state index contributed by atoms with van der Waals surface area (Å²) in [6.07, 6.45) is 33.7. The number of hydrogen-bond acceptors (Lipinski definition) is 4. The molecule has 0 rings (SSSR count). The number of rotatable bonds is 39. The van der Waals surface area contributed by atoms with Crippen molar-refractivity contribution in [2.45, 2.75) is 219 Å². The van der Waals surface area contributed by atoms with Crippen molar-refractivity contribution in [1.82, 2.24) is 0 Å². The van der Waals surface area contributed by atoms with E-state index in [1.165, 1.54) is 109 Å². The van der Waals surface area contributed by atoms with Crippen LogP contribution in [0.5, 0.6) is 0 Å². The highest BCUT2D eigenvalue weighted by molar-refractivity contribution is 5.67. The largest absolute Gasteiger partial charge is 0.481 e. The second-order valence-corrected chi connectivity index (χ2v) is 15.0. The van der Waals surface area contributed by atoms with E-state index in [-0.39, 0.29) is 25.7 Å². The summed E-state index contributed by atoms with van der Waals surface area (Å²) in [5, 5.41) is 35.5. The van der Waals surface area contributed by atoms with Crippen molar-refractivity contribution in [3.05, 3.63) is 0 Å². The molecule has 49 heavy (non-hydrogen) atoms. The minimum Gasteiger partial charge on any atom is -0.481 e. The number of carbonyl (C=O) groups is 4. The summed E-state index contributed by atoms with van der Waals surface area (Å²) in [5.41, 5.74) is 0. The fourth-order valence-corrected chi connectivity index (χ4v) is 7.54. The van der Waals surface area contributed by atoms with Gasteiger partial charge in [-0.3, -0.25) is 19.2 Å². The van der Waals surface area contributed by atoms with Gasteiger partial charge in [0.15, 0.2) is 0 Å². The fourth-order valence-electron chi connectivity index (χ4n) is 7.54. The minimum atomic E-state index is -0.699. The van der Waals surface area contributed by atoms with Crippen LogP contribution in [0.4, 0.5) is 0 Å². The maximum absolute atomic E-state index is 10.8. The van der Waals surface area contributed by atoms with Crippen LogP contribution < -0.4 is 0 Å². The lowest BCUT2D eigenvalue weighted by Crippen LogP contribution is -2.23. The first-order valence-electron chi connectivity index (χ1n) is 20.5. The first-order chi connectivity index (χ1) is 23.6. The molecule has 0 aromatic heterocycles. The zero-order chi connectivity index (χ0) is 36.4. The molecule has 0 bridgehead atoms. The standard InChI is InChI=1S/C41H76O8/c1-35(27-19-11-5-8-16-24-32-39(44)45)37(30-22-14-7-10-18-26-34-41(48)49)36(29-21-13-6-9-17-25-33-40(46)47)28-20-12-3-2-4-15-23-31-38(42)43/h35-37H,2-34H2,1H3,(H,42,43)(H,44,45)(H,46,47)(H,48,49). The van der Waals surface area contributed by atoms with Crippen molar-refractivity contribution >= 4 is 23.9 Å². The Morgan fingerprint density at radius 1 is 0.327 bits per heavy atom. The first kappa shape index (κ1) is 46.9. The number of unbranched alkanes of at least 4 members (excludes halogenated alkanes) is 21. The van der Waals surface area contributed by atoms with Gasteiger partial charge in [0.05, 0.1) is 0 Å². The van der Waals surface area contributed by atoms with Crippen LogP contribution in [0.2, 0.25) is 0 Å². The number of aliphatic carboxylic acids is 4. The third-order valence-electron chi connectivity index (χ3n) is 10.5. The van der Waals surface area contributed by atoms with Gasteiger partial charge in [0.2, 0.25) is 0 Å². The molecule has 8 heteroatoms. The van der Waals surface area contributed by atoms with Crippen molar-refractivity contribution in [3.63, 3.8) is 0 Å². The third-order valence-corrected chi connectivity index (χ3v) is 10.5. The number of carboxylic acid groups (broad SMARTS) is 4. The molecule has 0 amide bonds. The lowest BCUT2D eigenvalue weighted by molar-refractivity contribution is -0.138. The fraction of sp³-hybridized carbons (Fsp3) is 0.902. The Morgan fingerprint density at radius 3 is 0.837 bits per heavy atom. The average Bonchev–Trinajstić information content (AvgIpc) is 3.04. The predicted octanol–water partition coefficient (Wildman–Crippen LogP) is 12.1. The number of carboxylic acids is 4. The van der Waals surface area contributed by atoms with Crippen LogP contribution in [0.1, 0.15) is 219 Å². The molecule has 0 saturated heterocycles. The smallest absolute Gasteiger partial charge is 0.303 e. The van der Waals surface area contributed by atoms with Crippen LogP contribution in [-0.2, 0) is 19.2 Å². The van der Waals surface area contributed by atoms with Gasteiger partial charge < -0.3 is 20.4 Å². The summed E-state index contributed by atoms with van der Waals surface area (Å²) in [6.45, 7) is 2.48. The number of hydrogen-bond donors (Lipinski definition) is 4. The molecule has 0 aromatic carbocycles. The quantitative estimate of drug-likeness (QED) is 0.0464. The van der Waals surface area contributed by atoms with Crippen LogP contribution in [-0.4, -0.2) is 44.3 Å². The maximum Gasteiger partial charge on any atom is 0.303 e. The summed E-state index contributed by atoms with van der Waals surface area (Å²) in [4.78, 5) is 43.2. The van der Waals surface area contributed by atoms with Crippen LogP contribution in [0, 0.1) is 17.8 Å². The molecule has 0 spiro atoms. The molecule has 8 nitrogen and oxygen atoms in total. The predicted molar refractivity (Wildman–Crippen MR) is 199 cm³/mol. The second-order valence-electron chi connectivity index (χ2n) is 15.0. The highest BCUT2D eigenvalue weighted by atomic mass is 16.4. The minimum absolute atomic E-state index is 0.274. The maximum atomic E-state index is 10.8. The summed E-state index contributed by atoms with van der Waals surface area (Å²) in [6, 6.07) is 0. The van der Waals surface area contributed by atoms with Gasteiger partial charge in [-0.05, 0) is 49.9 Å². The van der Waals surface area contributed by atoms with Gasteiger partial charge in [0.25, 0.3) is 0 Å². The molecular weight excluding hydrogens is 620 g/mol. The van der Waals surface area contributed by atoms with Crippen LogP contribution in [0.15, 0.2) is 0 Å². The molecule has 0 radical (unpaired) electrons. The van der Waals surface area contributed by atoms with Gasteiger partial charge in [-0.25, -0.2) is 0 Å². The summed E-state index contributed by atoms with van der Waals surface area (Å²) >= 11 is 0. The lowest BCUT2D eigenvalue weighted by Gasteiger charge is -2.33. The molecule has 3 atom stereocenters. The summed E-state index contributed by atoms with van der Waals surface area (Å²) in [7, 11) is 0. The molecule has 0 fully saturated rings. The van der Waals surface area contributed by atoms with E-state index in [9.17, 15) is 19.2 Å². The molecule has 0 aliphatic heterocycles. The highest BCUT2D eigenvalue weighted by Gasteiger charge is 2.26. The molecule has 3 unspecified atom stereocenters. The van der Waals surface area contributed by atoms with E-state index in [1.54, 1.807) is 0 Å². The Kier molecular flexibility index (Phi) is 32.8. The van der Waals surface area contributed by atoms with Gasteiger partial charge in [-0.15, -0.1) is 0 Å². The van der Waals surface area contributed by atoms with Gasteiger partial charge >= 0.3 is 23.9 Å². The Labute approximate surface area is 299 Å². The van der Waals surface area contributed by atoms with E-state index in [2.05, 4.69) is 6.92 Å². The second kappa shape index (κ2) is 34.3. The zero-order valence-electron chi connectivity index (χ0n) is 31.5. The van der Waals surface area contributed by atoms with Gasteiger partial charge in [-0.2, -0.15) is 0 Å². The Balaban J connectivity index is 5.05. The Bertz CT molecular complexity index is 813. The molecular formula is C41H76O8. The van der Waals surface area contributed by atoms with E-state index >= 15 is 0 Å². The van der Waals surface area contributed by atoms with Crippen molar-refractivity contribution in [3.8, 4) is 0 Å². The molecule has 0 saturated carbocycles. The third kappa shape index (κ3) is 34.1. The van der Waals surface area contributed by atoms with Crippen LogP contribution in [0.25, 0.3) is 0 Å². The monoisotopic (exact) mass is 697 g/mol. The van der Waals surface area contributed by atoms with E-state index < -0.39 is 23.9 Å². The van der Waals surface area contributed by atoms with Crippen molar-refractivity contribution in [1.29, 1.82) is 0 Å². The topological polar surface area (TPSA) is 149 Å². The summed E-state index contributed by atoms with van der Waals surface area (Å²) in [5.74, 6) is -0.672. The highest BCUT2D eigenvalue weighted by Crippen LogP contribution is 2.37. The van der Waals surface area contributed by atoms with Gasteiger partial charge in [0, 0.05) is 25.7 Å². The molecule has 0 aliphatic rings. The molecule has 4 N–H and O–H groups in total. The van der Waals surface area contributed by atoms with E-state index in [4.69, 9.17) is 20.4 Å². The van der Waals surface area contributed by atoms with Crippen molar-refractivity contribution in [2.24, 2.45) is 17.8 Å². The average molecular weight is 697 g/mol. The normalized spacial score (nSPS) is 13.2. The summed E-state index contributed by atoms with van der Waals surface area (Å²) < 4.78 is 0.